The molecule has 0 aliphatic carbocycles. The van der Waals surface area contributed by atoms with Gasteiger partial charge in [-0.3, -0.25) is 9.36 Å². The Morgan fingerprint density at radius 1 is 1.12 bits per heavy atom. The number of benzene rings is 2. The number of thioether (sulfide) groups is 1. The van der Waals surface area contributed by atoms with Gasteiger partial charge < -0.3 is 5.32 Å². The zero-order chi connectivity index (χ0) is 23.5. The molecule has 4 rings (SSSR count). The van der Waals surface area contributed by atoms with Gasteiger partial charge in [-0.2, -0.15) is 0 Å². The Balaban J connectivity index is 1.68. The summed E-state index contributed by atoms with van der Waals surface area (Å²) in [5.41, 5.74) is 6.49. The molecule has 0 aliphatic heterocycles. The Labute approximate surface area is 197 Å². The fourth-order valence-corrected chi connectivity index (χ4v) is 5.09. The summed E-state index contributed by atoms with van der Waals surface area (Å²) in [7, 11) is 0. The summed E-state index contributed by atoms with van der Waals surface area (Å²) < 4.78 is 15.2. The number of halogens is 1. The first-order chi connectivity index (χ1) is 15.9. The summed E-state index contributed by atoms with van der Waals surface area (Å²) >= 11 is 1.52. The third kappa shape index (κ3) is 4.93. The topological polar surface area (TPSA) is 59.8 Å². The van der Waals surface area contributed by atoms with E-state index in [9.17, 15) is 9.18 Å². The molecule has 0 saturated carbocycles. The van der Waals surface area contributed by atoms with Crippen LogP contribution >= 0.6 is 11.8 Å². The van der Waals surface area contributed by atoms with E-state index >= 15 is 0 Å². The number of amides is 1. The normalized spacial score (nSPS) is 12.2. The number of anilines is 1. The van der Waals surface area contributed by atoms with Crippen molar-refractivity contribution >= 4 is 34.5 Å². The first-order valence-electron chi connectivity index (χ1n) is 11.0. The van der Waals surface area contributed by atoms with E-state index in [1.165, 1.54) is 29.5 Å². The Bertz CT molecular complexity index is 1280. The minimum Gasteiger partial charge on any atom is -0.324 e. The van der Waals surface area contributed by atoms with Crippen LogP contribution < -0.4 is 5.32 Å². The van der Waals surface area contributed by atoms with Gasteiger partial charge in [0, 0.05) is 17.6 Å². The Morgan fingerprint density at radius 3 is 2.48 bits per heavy atom. The number of carbonyl (C=O) groups excluding carboxylic acids is 1. The van der Waals surface area contributed by atoms with E-state index in [4.69, 9.17) is 4.98 Å². The summed E-state index contributed by atoms with van der Waals surface area (Å²) in [5.74, 6) is 0.253. The standard InChI is InChI=1S/C26H27FN4OS/c1-5-22(25(32)30-23-17(3)13-16(2)14-18(23)4)31-24-21(7-6-12-28-24)29-26(31)33-15-19-8-10-20(27)11-9-19/h6-14,22H,5,15H2,1-4H3,(H,30,32)/t22-/m0/s1. The Kier molecular flexibility index (Phi) is 6.79. The lowest BCUT2D eigenvalue weighted by atomic mass is 10.0. The maximum Gasteiger partial charge on any atom is 0.247 e. The monoisotopic (exact) mass is 462 g/mol. The summed E-state index contributed by atoms with van der Waals surface area (Å²) in [6.45, 7) is 8.06. The average Bonchev–Trinajstić information content (AvgIpc) is 3.15. The van der Waals surface area contributed by atoms with E-state index in [0.29, 0.717) is 23.0 Å². The van der Waals surface area contributed by atoms with E-state index < -0.39 is 6.04 Å². The van der Waals surface area contributed by atoms with Gasteiger partial charge >= 0.3 is 0 Å². The number of aryl methyl sites for hydroxylation is 3. The summed E-state index contributed by atoms with van der Waals surface area (Å²) in [6, 6.07) is 13.9. The van der Waals surface area contributed by atoms with Crippen LogP contribution in [0.1, 0.15) is 41.6 Å². The van der Waals surface area contributed by atoms with Crippen LogP contribution in [0, 0.1) is 26.6 Å². The molecule has 1 N–H and O–H groups in total. The second kappa shape index (κ2) is 9.75. The number of hydrogen-bond donors (Lipinski definition) is 1. The number of pyridine rings is 1. The van der Waals surface area contributed by atoms with Crippen molar-refractivity contribution in [2.24, 2.45) is 0 Å². The maximum atomic E-state index is 13.5. The first-order valence-corrected chi connectivity index (χ1v) is 11.9. The van der Waals surface area contributed by atoms with Crippen molar-refractivity contribution < 1.29 is 9.18 Å². The molecule has 0 spiro atoms. The van der Waals surface area contributed by atoms with Crippen LogP contribution in [0.4, 0.5) is 10.1 Å². The van der Waals surface area contributed by atoms with Gasteiger partial charge in [0.05, 0.1) is 0 Å². The highest BCUT2D eigenvalue weighted by Crippen LogP contribution is 2.32. The van der Waals surface area contributed by atoms with Gasteiger partial charge in [-0.1, -0.05) is 48.5 Å². The van der Waals surface area contributed by atoms with Crippen LogP contribution in [0.5, 0.6) is 0 Å². The predicted octanol–water partition coefficient (Wildman–Crippen LogP) is 6.38. The molecule has 33 heavy (non-hydrogen) atoms. The fraction of sp³-hybridized carbons (Fsp3) is 0.269. The van der Waals surface area contributed by atoms with Gasteiger partial charge in [0.2, 0.25) is 5.91 Å². The van der Waals surface area contributed by atoms with Crippen molar-refractivity contribution in [3.8, 4) is 0 Å². The minimum absolute atomic E-state index is 0.0962. The van der Waals surface area contributed by atoms with Crippen molar-refractivity contribution in [1.29, 1.82) is 0 Å². The molecule has 0 aliphatic rings. The molecular weight excluding hydrogens is 435 g/mol. The van der Waals surface area contributed by atoms with E-state index in [-0.39, 0.29) is 11.7 Å². The van der Waals surface area contributed by atoms with Crippen molar-refractivity contribution in [2.45, 2.75) is 51.1 Å². The third-order valence-electron chi connectivity index (χ3n) is 5.62. The number of carbonyl (C=O) groups is 1. The zero-order valence-corrected chi connectivity index (χ0v) is 20.0. The van der Waals surface area contributed by atoms with Crippen LogP contribution in [0.15, 0.2) is 59.9 Å². The Morgan fingerprint density at radius 2 is 1.82 bits per heavy atom. The lowest BCUT2D eigenvalue weighted by Crippen LogP contribution is -2.27. The quantitative estimate of drug-likeness (QED) is 0.324. The number of rotatable bonds is 7. The third-order valence-corrected chi connectivity index (χ3v) is 6.65. The van der Waals surface area contributed by atoms with Gasteiger partial charge in [-0.05, 0) is 68.1 Å². The molecule has 7 heteroatoms. The number of hydrogen-bond acceptors (Lipinski definition) is 4. The molecular formula is C26H27FN4OS. The molecule has 2 aromatic carbocycles. The van der Waals surface area contributed by atoms with Crippen molar-refractivity contribution in [2.75, 3.05) is 5.32 Å². The molecule has 170 valence electrons. The molecule has 4 aromatic rings. The molecule has 5 nitrogen and oxygen atoms in total. The zero-order valence-electron chi connectivity index (χ0n) is 19.2. The molecule has 2 aromatic heterocycles. The first kappa shape index (κ1) is 23.0. The largest absolute Gasteiger partial charge is 0.324 e. The maximum absolute atomic E-state index is 13.5. The van der Waals surface area contributed by atoms with Crippen LogP contribution in [0.25, 0.3) is 11.2 Å². The molecule has 1 atom stereocenters. The molecule has 0 saturated heterocycles. The highest BCUT2D eigenvalue weighted by atomic mass is 32.2. The van der Waals surface area contributed by atoms with Gasteiger partial charge in [0.25, 0.3) is 0 Å². The smallest absolute Gasteiger partial charge is 0.247 e. The lowest BCUT2D eigenvalue weighted by molar-refractivity contribution is -0.119. The minimum atomic E-state index is -0.472. The molecule has 0 unspecified atom stereocenters. The molecule has 1 amide bonds. The van der Waals surface area contributed by atoms with Gasteiger partial charge in [-0.25, -0.2) is 14.4 Å². The molecule has 2 heterocycles. The van der Waals surface area contributed by atoms with Gasteiger partial charge in [-0.15, -0.1) is 0 Å². The molecule has 0 fully saturated rings. The fourth-order valence-electron chi connectivity index (χ4n) is 4.09. The van der Waals surface area contributed by atoms with E-state index in [0.717, 1.165) is 27.9 Å². The Hall–Kier alpha value is -3.19. The lowest BCUT2D eigenvalue weighted by Gasteiger charge is -2.21. The second-order valence-corrected chi connectivity index (χ2v) is 9.16. The molecule has 0 radical (unpaired) electrons. The predicted molar refractivity (Wildman–Crippen MR) is 132 cm³/mol. The number of aromatic nitrogens is 3. The van der Waals surface area contributed by atoms with Crippen molar-refractivity contribution in [3.63, 3.8) is 0 Å². The van der Waals surface area contributed by atoms with Crippen LogP contribution in [-0.4, -0.2) is 20.4 Å². The summed E-state index contributed by atoms with van der Waals surface area (Å²) in [6.07, 6.45) is 2.30. The van der Waals surface area contributed by atoms with Crippen LogP contribution in [0.2, 0.25) is 0 Å². The second-order valence-electron chi connectivity index (χ2n) is 8.21. The SMILES string of the molecule is CC[C@@H](C(=O)Nc1c(C)cc(C)cc1C)n1c(SCc2ccc(F)cc2)nc2cccnc21. The van der Waals surface area contributed by atoms with Gasteiger partial charge in [0.1, 0.15) is 17.4 Å². The number of nitrogens with zero attached hydrogens (tertiary/aromatic N) is 3. The highest BCUT2D eigenvalue weighted by Gasteiger charge is 2.26. The van der Waals surface area contributed by atoms with E-state index in [1.54, 1.807) is 18.3 Å². The van der Waals surface area contributed by atoms with Crippen LogP contribution in [0.3, 0.4) is 0 Å². The highest BCUT2D eigenvalue weighted by molar-refractivity contribution is 7.98. The number of imidazole rings is 1. The van der Waals surface area contributed by atoms with Crippen LogP contribution in [-0.2, 0) is 10.5 Å². The number of nitrogens with one attached hydrogen (secondary N) is 1. The summed E-state index contributed by atoms with van der Waals surface area (Å²) in [5, 5.41) is 3.87. The van der Waals surface area contributed by atoms with Crippen molar-refractivity contribution in [1.82, 2.24) is 14.5 Å². The van der Waals surface area contributed by atoms with Crippen molar-refractivity contribution in [3.05, 3.63) is 82.8 Å². The van der Waals surface area contributed by atoms with E-state index in [1.807, 2.05) is 44.4 Å². The average molecular weight is 463 g/mol. The number of fused-ring (bicyclic) bond motifs is 1. The summed E-state index contributed by atoms with van der Waals surface area (Å²) in [4.78, 5) is 22.8. The van der Waals surface area contributed by atoms with E-state index in [2.05, 4.69) is 22.4 Å². The van der Waals surface area contributed by atoms with Gasteiger partial charge in [0.15, 0.2) is 10.8 Å². The molecule has 0 bridgehead atoms.